The van der Waals surface area contributed by atoms with Crippen LogP contribution in [0.3, 0.4) is 0 Å². The highest BCUT2D eigenvalue weighted by molar-refractivity contribution is 7.12. The number of amides is 1. The van der Waals surface area contributed by atoms with E-state index in [0.29, 0.717) is 0 Å². The van der Waals surface area contributed by atoms with E-state index in [-0.39, 0.29) is 11.9 Å². The van der Waals surface area contributed by atoms with Gasteiger partial charge < -0.3 is 4.90 Å². The molecule has 106 valence electrons. The Bertz CT molecular complexity index is 578. The van der Waals surface area contributed by atoms with Gasteiger partial charge in [0, 0.05) is 13.1 Å². The molecule has 2 aromatic rings. The Hall–Kier alpha value is -1.69. The highest BCUT2D eigenvalue weighted by atomic mass is 32.1. The van der Waals surface area contributed by atoms with E-state index in [4.69, 9.17) is 0 Å². The first-order chi connectivity index (χ1) is 9.79. The molecule has 1 aliphatic rings. The molecule has 0 aliphatic carbocycles. The maximum absolute atomic E-state index is 12.6. The predicted octanol–water partition coefficient (Wildman–Crippen LogP) is 2.38. The van der Waals surface area contributed by atoms with E-state index < -0.39 is 0 Å². The molecule has 0 bridgehead atoms. The normalized spacial score (nSPS) is 19.2. The fourth-order valence-electron chi connectivity index (χ4n) is 2.71. The van der Waals surface area contributed by atoms with E-state index in [0.717, 1.165) is 42.8 Å². The summed E-state index contributed by atoms with van der Waals surface area (Å²) in [5.41, 5.74) is 1.16. The van der Waals surface area contributed by atoms with Gasteiger partial charge in [0.15, 0.2) is 0 Å². The summed E-state index contributed by atoms with van der Waals surface area (Å²) in [6, 6.07) is 2.30. The molecule has 1 atom stereocenters. The van der Waals surface area contributed by atoms with Crippen molar-refractivity contribution in [3.8, 4) is 0 Å². The molecule has 1 fully saturated rings. The Labute approximate surface area is 122 Å². The smallest absolute Gasteiger partial charge is 0.264 e. The number of piperidine rings is 1. The maximum atomic E-state index is 12.6. The fourth-order valence-corrected chi connectivity index (χ4v) is 3.67. The zero-order chi connectivity index (χ0) is 13.9. The van der Waals surface area contributed by atoms with Crippen LogP contribution in [0.25, 0.3) is 0 Å². The van der Waals surface area contributed by atoms with Crippen molar-refractivity contribution in [2.75, 3.05) is 13.1 Å². The van der Waals surface area contributed by atoms with Gasteiger partial charge in [-0.2, -0.15) is 5.10 Å². The summed E-state index contributed by atoms with van der Waals surface area (Å²) in [4.78, 5) is 19.5. The lowest BCUT2D eigenvalue weighted by molar-refractivity contribution is 0.0676. The van der Waals surface area contributed by atoms with E-state index in [2.05, 4.69) is 23.1 Å². The van der Waals surface area contributed by atoms with Crippen molar-refractivity contribution in [2.24, 2.45) is 0 Å². The van der Waals surface area contributed by atoms with E-state index in [1.807, 2.05) is 15.0 Å². The van der Waals surface area contributed by atoms with Gasteiger partial charge in [-0.1, -0.05) is 6.92 Å². The lowest BCUT2D eigenvalue weighted by Crippen LogP contribution is -2.40. The average molecular weight is 290 g/mol. The largest absolute Gasteiger partial charge is 0.336 e. The molecule has 0 N–H and O–H groups in total. The van der Waals surface area contributed by atoms with Crippen LogP contribution in [0.5, 0.6) is 0 Å². The van der Waals surface area contributed by atoms with Crippen molar-refractivity contribution in [1.29, 1.82) is 0 Å². The minimum atomic E-state index is 0.168. The van der Waals surface area contributed by atoms with Crippen molar-refractivity contribution in [2.45, 2.75) is 32.2 Å². The Balaban J connectivity index is 1.75. The van der Waals surface area contributed by atoms with Gasteiger partial charge in [0.05, 0.1) is 10.9 Å². The van der Waals surface area contributed by atoms with Gasteiger partial charge in [-0.05, 0) is 36.3 Å². The van der Waals surface area contributed by atoms with Gasteiger partial charge >= 0.3 is 0 Å². The predicted molar refractivity (Wildman–Crippen MR) is 77.9 cm³/mol. The molecule has 6 heteroatoms. The third-order valence-electron chi connectivity index (χ3n) is 3.82. The number of aryl methyl sites for hydroxylation is 1. The number of hydrogen-bond acceptors (Lipinski definition) is 4. The molecule has 1 unspecified atom stereocenters. The van der Waals surface area contributed by atoms with Crippen LogP contribution in [-0.4, -0.2) is 38.7 Å². The summed E-state index contributed by atoms with van der Waals surface area (Å²) >= 11 is 1.55. The van der Waals surface area contributed by atoms with E-state index in [9.17, 15) is 4.79 Å². The third-order valence-corrected chi connectivity index (χ3v) is 4.76. The van der Waals surface area contributed by atoms with Crippen molar-refractivity contribution >= 4 is 17.2 Å². The van der Waals surface area contributed by atoms with Crippen LogP contribution in [0.1, 0.15) is 41.0 Å². The first kappa shape index (κ1) is 13.3. The van der Waals surface area contributed by atoms with E-state index >= 15 is 0 Å². The van der Waals surface area contributed by atoms with Crippen molar-refractivity contribution in [3.05, 3.63) is 34.5 Å². The number of nitrogens with zero attached hydrogens (tertiary/aromatic N) is 4. The van der Waals surface area contributed by atoms with Crippen LogP contribution in [0.2, 0.25) is 0 Å². The molecule has 0 spiro atoms. The Kier molecular flexibility index (Phi) is 3.82. The maximum Gasteiger partial charge on any atom is 0.264 e. The van der Waals surface area contributed by atoms with Crippen LogP contribution in [0, 0.1) is 0 Å². The van der Waals surface area contributed by atoms with Gasteiger partial charge in [0.25, 0.3) is 5.91 Å². The molecular weight excluding hydrogens is 272 g/mol. The lowest BCUT2D eigenvalue weighted by atomic mass is 10.1. The SMILES string of the molecule is CCc1ccsc1C(=O)N1CCCC(n2cncn2)C1. The molecule has 2 aromatic heterocycles. The summed E-state index contributed by atoms with van der Waals surface area (Å²) in [7, 11) is 0. The molecule has 1 aliphatic heterocycles. The monoisotopic (exact) mass is 290 g/mol. The van der Waals surface area contributed by atoms with E-state index in [1.54, 1.807) is 24.0 Å². The van der Waals surface area contributed by atoms with Gasteiger partial charge in [0.1, 0.15) is 12.7 Å². The quantitative estimate of drug-likeness (QED) is 0.872. The standard InChI is InChI=1S/C14H18N4OS/c1-2-11-5-7-20-13(11)14(19)17-6-3-4-12(8-17)18-10-15-9-16-18/h5,7,9-10,12H,2-4,6,8H2,1H3. The molecule has 0 aromatic carbocycles. The van der Waals surface area contributed by atoms with Crippen LogP contribution in [0.15, 0.2) is 24.1 Å². The first-order valence-electron chi connectivity index (χ1n) is 6.99. The fraction of sp³-hybridized carbons (Fsp3) is 0.500. The molecule has 0 radical (unpaired) electrons. The molecule has 5 nitrogen and oxygen atoms in total. The molecule has 1 amide bonds. The zero-order valence-electron chi connectivity index (χ0n) is 11.5. The Morgan fingerprint density at radius 1 is 1.55 bits per heavy atom. The van der Waals surface area contributed by atoms with Gasteiger partial charge in [-0.3, -0.25) is 4.79 Å². The second-order valence-corrected chi connectivity index (χ2v) is 5.97. The minimum Gasteiger partial charge on any atom is -0.336 e. The highest BCUT2D eigenvalue weighted by Crippen LogP contribution is 2.25. The summed E-state index contributed by atoms with van der Waals surface area (Å²) in [5, 5.41) is 6.21. The number of carbonyl (C=O) groups is 1. The van der Waals surface area contributed by atoms with Gasteiger partial charge in [0.2, 0.25) is 0 Å². The molecule has 0 saturated carbocycles. The van der Waals surface area contributed by atoms with Crippen molar-refractivity contribution < 1.29 is 4.79 Å². The second-order valence-electron chi connectivity index (χ2n) is 5.05. The molecule has 3 rings (SSSR count). The van der Waals surface area contributed by atoms with Crippen molar-refractivity contribution in [1.82, 2.24) is 19.7 Å². The number of carbonyl (C=O) groups excluding carboxylic acids is 1. The summed E-state index contributed by atoms with van der Waals surface area (Å²) in [6.07, 6.45) is 6.27. The summed E-state index contributed by atoms with van der Waals surface area (Å²) < 4.78 is 1.87. The lowest BCUT2D eigenvalue weighted by Gasteiger charge is -2.32. The first-order valence-corrected chi connectivity index (χ1v) is 7.87. The van der Waals surface area contributed by atoms with Crippen LogP contribution in [-0.2, 0) is 6.42 Å². The Morgan fingerprint density at radius 2 is 2.45 bits per heavy atom. The van der Waals surface area contributed by atoms with E-state index in [1.165, 1.54) is 0 Å². The Morgan fingerprint density at radius 3 is 3.20 bits per heavy atom. The third kappa shape index (κ3) is 2.47. The highest BCUT2D eigenvalue weighted by Gasteiger charge is 2.27. The minimum absolute atomic E-state index is 0.168. The summed E-state index contributed by atoms with van der Waals surface area (Å²) in [6.45, 7) is 3.65. The number of aromatic nitrogens is 3. The van der Waals surface area contributed by atoms with Crippen LogP contribution < -0.4 is 0 Å². The van der Waals surface area contributed by atoms with Crippen molar-refractivity contribution in [3.63, 3.8) is 0 Å². The van der Waals surface area contributed by atoms with Gasteiger partial charge in [-0.15, -0.1) is 11.3 Å². The number of rotatable bonds is 3. The average Bonchev–Trinajstić information content (AvgIpc) is 3.17. The molecule has 3 heterocycles. The topological polar surface area (TPSA) is 51.0 Å². The molecule has 20 heavy (non-hydrogen) atoms. The number of thiophene rings is 1. The second kappa shape index (κ2) is 5.75. The van der Waals surface area contributed by atoms with Crippen LogP contribution >= 0.6 is 11.3 Å². The number of hydrogen-bond donors (Lipinski definition) is 0. The summed E-state index contributed by atoms with van der Waals surface area (Å²) in [5.74, 6) is 0.168. The zero-order valence-corrected chi connectivity index (χ0v) is 12.3. The van der Waals surface area contributed by atoms with Gasteiger partial charge in [-0.25, -0.2) is 9.67 Å². The molecule has 1 saturated heterocycles. The molecular formula is C14H18N4OS. The van der Waals surface area contributed by atoms with Crippen LogP contribution in [0.4, 0.5) is 0 Å². The number of likely N-dealkylation sites (tertiary alicyclic amines) is 1.